The molecule has 0 saturated heterocycles. The van der Waals surface area contributed by atoms with Crippen LogP contribution in [-0.2, 0) is 6.54 Å². The van der Waals surface area contributed by atoms with Crippen LogP contribution in [0.4, 0.5) is 10.5 Å². The van der Waals surface area contributed by atoms with Gasteiger partial charge in [0.1, 0.15) is 0 Å². The van der Waals surface area contributed by atoms with E-state index in [0.29, 0.717) is 6.54 Å². The first kappa shape index (κ1) is 17.3. The maximum atomic E-state index is 12.0. The summed E-state index contributed by atoms with van der Waals surface area (Å²) in [6.45, 7) is 7.12. The molecule has 0 spiro atoms. The van der Waals surface area contributed by atoms with Crippen LogP contribution in [0, 0.1) is 0 Å². The van der Waals surface area contributed by atoms with E-state index in [1.54, 1.807) is 20.9 Å². The third-order valence-corrected chi connectivity index (χ3v) is 3.28. The van der Waals surface area contributed by atoms with Gasteiger partial charge in [-0.05, 0) is 32.4 Å². The van der Waals surface area contributed by atoms with Crippen molar-refractivity contribution in [2.75, 3.05) is 32.1 Å². The van der Waals surface area contributed by atoms with Crippen molar-refractivity contribution in [1.82, 2.24) is 10.2 Å². The summed E-state index contributed by atoms with van der Waals surface area (Å²) in [5.41, 5.74) is 1.30. The Morgan fingerprint density at radius 1 is 1.29 bits per heavy atom. The minimum absolute atomic E-state index is 0.189. The van der Waals surface area contributed by atoms with E-state index < -0.39 is 5.60 Å². The van der Waals surface area contributed by atoms with Crippen LogP contribution in [0.15, 0.2) is 24.3 Å². The molecule has 0 bridgehead atoms. The first-order chi connectivity index (χ1) is 9.74. The van der Waals surface area contributed by atoms with Crippen LogP contribution in [0.2, 0.25) is 0 Å². The highest BCUT2D eigenvalue weighted by Gasteiger charge is 2.19. The Kier molecular flexibility index (Phi) is 6.03. The highest BCUT2D eigenvalue weighted by atomic mass is 16.3. The largest absolute Gasteiger partial charge is 0.389 e. The molecule has 1 rings (SSSR count). The van der Waals surface area contributed by atoms with Gasteiger partial charge in [-0.2, -0.15) is 0 Å². The van der Waals surface area contributed by atoms with Gasteiger partial charge in [-0.3, -0.25) is 0 Å². The minimum Gasteiger partial charge on any atom is -0.389 e. The first-order valence-corrected chi connectivity index (χ1v) is 7.25. The van der Waals surface area contributed by atoms with Crippen LogP contribution >= 0.6 is 0 Å². The van der Waals surface area contributed by atoms with Gasteiger partial charge in [-0.25, -0.2) is 4.79 Å². The second-order valence-corrected chi connectivity index (χ2v) is 5.97. The number of para-hydroxylation sites is 1. The second kappa shape index (κ2) is 7.31. The lowest BCUT2D eigenvalue weighted by Crippen LogP contribution is -2.44. The third-order valence-electron chi connectivity index (χ3n) is 3.28. The predicted molar refractivity (Wildman–Crippen MR) is 86.5 cm³/mol. The SMILES string of the molecule is CCN(C)c1ccccc1CNC(=O)N(C)CC(C)(C)O. The van der Waals surface area contributed by atoms with Crippen molar-refractivity contribution < 1.29 is 9.90 Å². The number of carbonyl (C=O) groups excluding carboxylic acids is 1. The molecule has 0 aliphatic carbocycles. The highest BCUT2D eigenvalue weighted by molar-refractivity contribution is 5.74. The van der Waals surface area contributed by atoms with Crippen LogP contribution in [-0.4, -0.2) is 48.8 Å². The topological polar surface area (TPSA) is 55.8 Å². The zero-order valence-corrected chi connectivity index (χ0v) is 13.7. The number of nitrogens with zero attached hydrogens (tertiary/aromatic N) is 2. The molecule has 0 saturated carbocycles. The number of hydrogen-bond acceptors (Lipinski definition) is 3. The molecule has 1 aromatic rings. The number of aliphatic hydroxyl groups is 1. The van der Waals surface area contributed by atoms with Gasteiger partial charge in [0, 0.05) is 32.9 Å². The number of rotatable bonds is 6. The van der Waals surface area contributed by atoms with Crippen LogP contribution < -0.4 is 10.2 Å². The Morgan fingerprint density at radius 3 is 2.48 bits per heavy atom. The Balaban J connectivity index is 2.65. The van der Waals surface area contributed by atoms with Crippen molar-refractivity contribution in [1.29, 1.82) is 0 Å². The monoisotopic (exact) mass is 293 g/mol. The predicted octanol–water partition coefficient (Wildman–Crippen LogP) is 2.06. The number of likely N-dealkylation sites (N-methyl/N-ethyl adjacent to an activating group) is 1. The summed E-state index contributed by atoms with van der Waals surface area (Å²) in [5.74, 6) is 0. The van der Waals surface area contributed by atoms with Crippen molar-refractivity contribution in [2.45, 2.75) is 32.9 Å². The summed E-state index contributed by atoms with van der Waals surface area (Å²) in [7, 11) is 3.71. The van der Waals surface area contributed by atoms with Gasteiger partial charge in [-0.1, -0.05) is 18.2 Å². The average Bonchev–Trinajstić information content (AvgIpc) is 2.42. The summed E-state index contributed by atoms with van der Waals surface area (Å²) in [4.78, 5) is 15.7. The highest BCUT2D eigenvalue weighted by Crippen LogP contribution is 2.18. The first-order valence-electron chi connectivity index (χ1n) is 7.25. The quantitative estimate of drug-likeness (QED) is 0.844. The molecule has 0 aromatic heterocycles. The van der Waals surface area contributed by atoms with Crippen molar-refractivity contribution >= 4 is 11.7 Å². The number of benzene rings is 1. The van der Waals surface area contributed by atoms with Gasteiger partial charge in [0.25, 0.3) is 0 Å². The average molecular weight is 293 g/mol. The molecule has 0 fully saturated rings. The number of nitrogens with one attached hydrogen (secondary N) is 1. The molecular formula is C16H27N3O2. The van der Waals surface area contributed by atoms with E-state index in [1.165, 1.54) is 4.90 Å². The molecule has 118 valence electrons. The summed E-state index contributed by atoms with van der Waals surface area (Å²) in [6.07, 6.45) is 0. The van der Waals surface area contributed by atoms with Crippen LogP contribution in [0.5, 0.6) is 0 Å². The standard InChI is InChI=1S/C16H27N3O2/c1-6-18(4)14-10-8-7-9-13(14)11-17-15(20)19(5)12-16(2,3)21/h7-10,21H,6,11-12H2,1-5H3,(H,17,20). The lowest BCUT2D eigenvalue weighted by molar-refractivity contribution is 0.0531. The van der Waals surface area contributed by atoms with Gasteiger partial charge in [0.2, 0.25) is 0 Å². The minimum atomic E-state index is -0.896. The van der Waals surface area contributed by atoms with E-state index in [4.69, 9.17) is 0 Å². The molecule has 2 N–H and O–H groups in total. The smallest absolute Gasteiger partial charge is 0.317 e. The zero-order chi connectivity index (χ0) is 16.0. The fourth-order valence-electron chi connectivity index (χ4n) is 2.16. The molecular weight excluding hydrogens is 266 g/mol. The number of urea groups is 1. The molecule has 5 nitrogen and oxygen atoms in total. The van der Waals surface area contributed by atoms with E-state index in [-0.39, 0.29) is 12.6 Å². The van der Waals surface area contributed by atoms with Crippen LogP contribution in [0.3, 0.4) is 0 Å². The van der Waals surface area contributed by atoms with Crippen LogP contribution in [0.25, 0.3) is 0 Å². The Hall–Kier alpha value is -1.75. The lowest BCUT2D eigenvalue weighted by Gasteiger charge is -2.26. The van der Waals surface area contributed by atoms with Crippen molar-refractivity contribution in [3.8, 4) is 0 Å². The molecule has 0 aliphatic rings. The maximum Gasteiger partial charge on any atom is 0.317 e. The summed E-state index contributed by atoms with van der Waals surface area (Å²) >= 11 is 0. The van der Waals surface area contributed by atoms with E-state index in [9.17, 15) is 9.90 Å². The number of amides is 2. The molecule has 2 amide bonds. The molecule has 0 aliphatic heterocycles. The fraction of sp³-hybridized carbons (Fsp3) is 0.562. The van der Waals surface area contributed by atoms with Crippen LogP contribution in [0.1, 0.15) is 26.3 Å². The van der Waals surface area contributed by atoms with E-state index in [2.05, 4.69) is 17.1 Å². The molecule has 1 aromatic carbocycles. The van der Waals surface area contributed by atoms with E-state index >= 15 is 0 Å². The number of carbonyl (C=O) groups is 1. The maximum absolute atomic E-state index is 12.0. The van der Waals surface area contributed by atoms with Gasteiger partial charge < -0.3 is 20.2 Å². The Labute approximate surface area is 127 Å². The van der Waals surface area contributed by atoms with Gasteiger partial charge in [-0.15, -0.1) is 0 Å². The van der Waals surface area contributed by atoms with Crippen molar-refractivity contribution in [3.05, 3.63) is 29.8 Å². The Bertz CT molecular complexity index is 469. The lowest BCUT2D eigenvalue weighted by atomic mass is 10.1. The normalized spacial score (nSPS) is 11.1. The van der Waals surface area contributed by atoms with Crippen molar-refractivity contribution in [2.24, 2.45) is 0 Å². The summed E-state index contributed by atoms with van der Waals surface area (Å²) in [5, 5.41) is 12.6. The van der Waals surface area contributed by atoms with E-state index in [0.717, 1.165) is 17.8 Å². The molecule has 21 heavy (non-hydrogen) atoms. The Morgan fingerprint density at radius 2 is 1.90 bits per heavy atom. The number of anilines is 1. The molecule has 0 heterocycles. The molecule has 0 atom stereocenters. The fourth-order valence-corrected chi connectivity index (χ4v) is 2.16. The second-order valence-electron chi connectivity index (χ2n) is 5.97. The van der Waals surface area contributed by atoms with E-state index in [1.807, 2.05) is 31.3 Å². The molecule has 0 unspecified atom stereocenters. The number of hydrogen-bond donors (Lipinski definition) is 2. The molecule has 5 heteroatoms. The zero-order valence-electron chi connectivity index (χ0n) is 13.7. The van der Waals surface area contributed by atoms with Gasteiger partial charge in [0.15, 0.2) is 0 Å². The van der Waals surface area contributed by atoms with Crippen molar-refractivity contribution in [3.63, 3.8) is 0 Å². The summed E-state index contributed by atoms with van der Waals surface area (Å²) in [6, 6.07) is 7.83. The molecule has 0 radical (unpaired) electrons. The van der Waals surface area contributed by atoms with Gasteiger partial charge in [0.05, 0.1) is 12.1 Å². The third kappa shape index (κ3) is 5.63. The summed E-state index contributed by atoms with van der Waals surface area (Å²) < 4.78 is 0. The van der Waals surface area contributed by atoms with Gasteiger partial charge >= 0.3 is 6.03 Å².